The molecule has 0 amide bonds. The minimum atomic E-state index is -1.47. The lowest BCUT2D eigenvalue weighted by Gasteiger charge is -2.58. The summed E-state index contributed by atoms with van der Waals surface area (Å²) in [6, 6.07) is 0. The number of halogens is 1. The van der Waals surface area contributed by atoms with Gasteiger partial charge in [0.1, 0.15) is 6.61 Å². The Morgan fingerprint density at radius 1 is 1.31 bits per heavy atom. The summed E-state index contributed by atoms with van der Waals surface area (Å²) in [5.41, 5.74) is -2.23. The first kappa shape index (κ1) is 23.4. The van der Waals surface area contributed by atoms with Crippen LogP contribution >= 0.6 is 11.6 Å². The highest BCUT2D eigenvalue weighted by molar-refractivity contribution is 6.32. The van der Waals surface area contributed by atoms with E-state index in [1.165, 1.54) is 12.2 Å². The highest BCUT2D eigenvalue weighted by Gasteiger charge is 2.70. The molecule has 32 heavy (non-hydrogen) atoms. The van der Waals surface area contributed by atoms with Gasteiger partial charge in [-0.1, -0.05) is 44.5 Å². The standard InChI is InChI=1S/C25H31ClO6/c1-4-5-21(31)32-25(20(30)13-27)9-7-16-15-11-18(26)17-10-14(28)6-8-23(17,2)22(15)19(29)12-24(16,25)3/h6,8,10-11,15-16,19,22,27,29H,4-5,7,9,12-13H2,1-3H3/t15-,16-,19-,22+,23-,24-,25+/m0/s1. The van der Waals surface area contributed by atoms with Gasteiger partial charge in [-0.05, 0) is 55.2 Å². The van der Waals surface area contributed by atoms with E-state index in [1.807, 2.05) is 32.9 Å². The molecule has 0 bridgehead atoms. The van der Waals surface area contributed by atoms with E-state index in [4.69, 9.17) is 16.3 Å². The first-order chi connectivity index (χ1) is 15.0. The van der Waals surface area contributed by atoms with Crippen molar-refractivity contribution >= 4 is 29.1 Å². The summed E-state index contributed by atoms with van der Waals surface area (Å²) in [6.07, 6.45) is 7.93. The zero-order valence-electron chi connectivity index (χ0n) is 18.8. The molecule has 0 spiro atoms. The molecule has 4 rings (SSSR count). The fourth-order valence-electron chi connectivity index (χ4n) is 7.11. The lowest BCUT2D eigenvalue weighted by Crippen LogP contribution is -2.62. The largest absolute Gasteiger partial charge is 0.450 e. The number of Topliss-reactive ketones (excluding diaryl/α,β-unsaturated/α-hetero) is 1. The van der Waals surface area contributed by atoms with Crippen molar-refractivity contribution in [1.82, 2.24) is 0 Å². The minimum absolute atomic E-state index is 0.0843. The van der Waals surface area contributed by atoms with Crippen LogP contribution in [0.2, 0.25) is 0 Å². The molecule has 0 radical (unpaired) electrons. The van der Waals surface area contributed by atoms with Gasteiger partial charge in [0.15, 0.2) is 11.4 Å². The highest BCUT2D eigenvalue weighted by Crippen LogP contribution is 2.67. The van der Waals surface area contributed by atoms with Gasteiger partial charge in [-0.25, -0.2) is 0 Å². The minimum Gasteiger partial charge on any atom is -0.450 e. The molecule has 4 aliphatic rings. The summed E-state index contributed by atoms with van der Waals surface area (Å²) in [5, 5.41) is 21.7. The SMILES string of the molecule is CCCC(=O)O[C@@]1(C(=O)CO)CC[C@H]2[C@@H]3C=C(Cl)C4=CC(=O)C=C[C@]4(C)[C@H]3[C@@H](O)C[C@@]21C. The summed E-state index contributed by atoms with van der Waals surface area (Å²) >= 11 is 6.67. The van der Waals surface area contributed by atoms with Gasteiger partial charge in [0.05, 0.1) is 6.10 Å². The van der Waals surface area contributed by atoms with E-state index in [2.05, 4.69) is 0 Å². The third-order valence-electron chi connectivity index (χ3n) is 8.56. The van der Waals surface area contributed by atoms with Gasteiger partial charge in [-0.2, -0.15) is 0 Å². The molecule has 2 saturated carbocycles. The van der Waals surface area contributed by atoms with E-state index in [0.29, 0.717) is 29.9 Å². The molecular weight excluding hydrogens is 432 g/mol. The van der Waals surface area contributed by atoms with E-state index < -0.39 is 40.9 Å². The molecule has 7 atom stereocenters. The molecule has 174 valence electrons. The van der Waals surface area contributed by atoms with Crippen LogP contribution in [0.3, 0.4) is 0 Å². The number of esters is 1. The van der Waals surface area contributed by atoms with E-state index in [0.717, 1.165) is 0 Å². The smallest absolute Gasteiger partial charge is 0.306 e. The summed E-state index contributed by atoms with van der Waals surface area (Å²) in [5.74, 6) is -1.60. The molecule has 2 fully saturated rings. The molecule has 2 N–H and O–H groups in total. The lowest BCUT2D eigenvalue weighted by molar-refractivity contribution is -0.196. The molecule has 0 heterocycles. The maximum absolute atomic E-state index is 13.1. The fraction of sp³-hybridized carbons (Fsp3) is 0.640. The van der Waals surface area contributed by atoms with E-state index in [9.17, 15) is 24.6 Å². The number of hydrogen-bond donors (Lipinski definition) is 2. The Labute approximate surface area is 193 Å². The van der Waals surface area contributed by atoms with E-state index in [1.54, 1.807) is 0 Å². The lowest BCUT2D eigenvalue weighted by atomic mass is 9.47. The fourth-order valence-corrected chi connectivity index (χ4v) is 7.51. The molecule has 0 aromatic rings. The Morgan fingerprint density at radius 2 is 2.03 bits per heavy atom. The van der Waals surface area contributed by atoms with Crippen molar-refractivity contribution in [3.8, 4) is 0 Å². The van der Waals surface area contributed by atoms with Gasteiger partial charge in [0, 0.05) is 28.2 Å². The number of carbonyl (C=O) groups excluding carboxylic acids is 3. The number of ether oxygens (including phenoxy) is 1. The maximum atomic E-state index is 13.1. The molecule has 0 saturated heterocycles. The van der Waals surface area contributed by atoms with Crippen molar-refractivity contribution in [3.63, 3.8) is 0 Å². The van der Waals surface area contributed by atoms with Crippen LogP contribution in [-0.4, -0.2) is 46.1 Å². The zero-order chi connectivity index (χ0) is 23.5. The first-order valence-corrected chi connectivity index (χ1v) is 11.8. The summed E-state index contributed by atoms with van der Waals surface area (Å²) in [7, 11) is 0. The number of allylic oxidation sites excluding steroid dienone is 6. The molecule has 7 heteroatoms. The first-order valence-electron chi connectivity index (χ1n) is 11.4. The van der Waals surface area contributed by atoms with Crippen molar-refractivity contribution in [1.29, 1.82) is 0 Å². The molecule has 0 aliphatic heterocycles. The van der Waals surface area contributed by atoms with Crippen LogP contribution in [0.5, 0.6) is 0 Å². The Balaban J connectivity index is 1.81. The molecule has 6 nitrogen and oxygen atoms in total. The molecular formula is C25H31ClO6. The number of hydrogen-bond acceptors (Lipinski definition) is 6. The Hall–Kier alpha value is -1.76. The van der Waals surface area contributed by atoms with Gasteiger partial charge in [0.2, 0.25) is 5.78 Å². The summed E-state index contributed by atoms with van der Waals surface area (Å²) in [4.78, 5) is 37.6. The van der Waals surface area contributed by atoms with Gasteiger partial charge >= 0.3 is 5.97 Å². The molecule has 0 aromatic heterocycles. The number of fused-ring (bicyclic) bond motifs is 5. The van der Waals surface area contributed by atoms with Gasteiger partial charge in [0.25, 0.3) is 0 Å². The molecule has 0 unspecified atom stereocenters. The Bertz CT molecular complexity index is 950. The van der Waals surface area contributed by atoms with Crippen molar-refractivity contribution in [2.45, 2.75) is 64.6 Å². The van der Waals surface area contributed by atoms with Crippen LogP contribution in [0.15, 0.2) is 34.9 Å². The number of carbonyl (C=O) groups is 3. The van der Waals surface area contributed by atoms with Crippen LogP contribution < -0.4 is 0 Å². The molecule has 0 aromatic carbocycles. The second-order valence-corrected chi connectivity index (χ2v) is 10.6. The van der Waals surface area contributed by atoms with Crippen molar-refractivity contribution < 1.29 is 29.3 Å². The maximum Gasteiger partial charge on any atom is 0.306 e. The second-order valence-electron chi connectivity index (χ2n) is 10.2. The molecule has 4 aliphatic carbocycles. The monoisotopic (exact) mass is 462 g/mol. The summed E-state index contributed by atoms with van der Waals surface area (Å²) in [6.45, 7) is 5.02. The van der Waals surface area contributed by atoms with Gasteiger partial charge in [-0.3, -0.25) is 14.4 Å². The van der Waals surface area contributed by atoms with Crippen LogP contribution in [0.1, 0.15) is 52.9 Å². The summed E-state index contributed by atoms with van der Waals surface area (Å²) < 4.78 is 5.88. The third-order valence-corrected chi connectivity index (χ3v) is 8.89. The Morgan fingerprint density at radius 3 is 2.69 bits per heavy atom. The van der Waals surface area contributed by atoms with E-state index >= 15 is 0 Å². The topological polar surface area (TPSA) is 101 Å². The quantitative estimate of drug-likeness (QED) is 0.608. The second kappa shape index (κ2) is 7.93. The average Bonchev–Trinajstić information content (AvgIpc) is 3.01. The van der Waals surface area contributed by atoms with Gasteiger partial charge < -0.3 is 14.9 Å². The average molecular weight is 463 g/mol. The van der Waals surface area contributed by atoms with Crippen LogP contribution in [0, 0.1) is 28.6 Å². The number of aliphatic hydroxyl groups is 2. The number of aliphatic hydroxyl groups excluding tert-OH is 2. The Kier molecular flexibility index (Phi) is 5.80. The van der Waals surface area contributed by atoms with E-state index in [-0.39, 0.29) is 36.4 Å². The number of ketones is 2. The number of rotatable bonds is 5. The van der Waals surface area contributed by atoms with Crippen LogP contribution in [0.4, 0.5) is 0 Å². The van der Waals surface area contributed by atoms with Crippen LogP contribution in [-0.2, 0) is 19.1 Å². The zero-order valence-corrected chi connectivity index (χ0v) is 19.5. The normalized spacial score (nSPS) is 42.4. The van der Waals surface area contributed by atoms with Crippen molar-refractivity contribution in [2.75, 3.05) is 6.61 Å². The van der Waals surface area contributed by atoms with Crippen molar-refractivity contribution in [2.24, 2.45) is 28.6 Å². The van der Waals surface area contributed by atoms with Gasteiger partial charge in [-0.15, -0.1) is 0 Å². The predicted octanol–water partition coefficient (Wildman–Crippen LogP) is 3.25. The predicted molar refractivity (Wildman–Crippen MR) is 119 cm³/mol. The van der Waals surface area contributed by atoms with Crippen molar-refractivity contribution in [3.05, 3.63) is 34.9 Å². The highest BCUT2D eigenvalue weighted by atomic mass is 35.5. The van der Waals surface area contributed by atoms with Crippen LogP contribution in [0.25, 0.3) is 0 Å². The third kappa shape index (κ3) is 3.10.